The molecule has 0 saturated heterocycles. The van der Waals surface area contributed by atoms with Gasteiger partial charge in [-0.3, -0.25) is 10.1 Å². The highest BCUT2D eigenvalue weighted by Crippen LogP contribution is 2.22. The van der Waals surface area contributed by atoms with Crippen LogP contribution in [-0.4, -0.2) is 22.7 Å². The van der Waals surface area contributed by atoms with Crippen molar-refractivity contribution >= 4 is 5.97 Å². The zero-order chi connectivity index (χ0) is 12.0. The number of hydrogen-bond donors (Lipinski definition) is 2. The predicted octanol–water partition coefficient (Wildman–Crippen LogP) is 2.72. The highest BCUT2D eigenvalue weighted by Gasteiger charge is 2.34. The van der Waals surface area contributed by atoms with Crippen molar-refractivity contribution in [3.8, 4) is 0 Å². The predicted molar refractivity (Wildman–Crippen MR) is 65.5 cm³/mol. The molecule has 3 heteroatoms. The zero-order valence-corrected chi connectivity index (χ0v) is 10.2. The maximum Gasteiger partial charge on any atom is 0.323 e. The van der Waals surface area contributed by atoms with Gasteiger partial charge in [0, 0.05) is 6.04 Å². The summed E-state index contributed by atoms with van der Waals surface area (Å²) in [7, 11) is 0. The Morgan fingerprint density at radius 1 is 1.50 bits per heavy atom. The topological polar surface area (TPSA) is 49.3 Å². The fourth-order valence-electron chi connectivity index (χ4n) is 2.33. The van der Waals surface area contributed by atoms with E-state index in [4.69, 9.17) is 0 Å². The molecular weight excluding hydrogens is 202 g/mol. The highest BCUT2D eigenvalue weighted by molar-refractivity contribution is 5.78. The number of aliphatic carboxylic acids is 1. The summed E-state index contributed by atoms with van der Waals surface area (Å²) in [5, 5.41) is 12.6. The van der Waals surface area contributed by atoms with Gasteiger partial charge < -0.3 is 5.11 Å². The lowest BCUT2D eigenvalue weighted by atomic mass is 9.89. The smallest absolute Gasteiger partial charge is 0.323 e. The minimum Gasteiger partial charge on any atom is -0.480 e. The van der Waals surface area contributed by atoms with Crippen LogP contribution in [0.3, 0.4) is 0 Å². The van der Waals surface area contributed by atoms with Crippen molar-refractivity contribution in [2.45, 2.75) is 63.5 Å². The van der Waals surface area contributed by atoms with Gasteiger partial charge in [0.05, 0.1) is 0 Å². The first-order valence-electron chi connectivity index (χ1n) is 6.20. The molecule has 0 aromatic heterocycles. The SMILES string of the molecule is C=CCCC(C)(NC1CCCCC1)C(=O)O. The van der Waals surface area contributed by atoms with Gasteiger partial charge in [-0.2, -0.15) is 0 Å². The van der Waals surface area contributed by atoms with Crippen molar-refractivity contribution in [1.82, 2.24) is 5.32 Å². The first-order valence-corrected chi connectivity index (χ1v) is 6.20. The van der Waals surface area contributed by atoms with Crippen molar-refractivity contribution in [1.29, 1.82) is 0 Å². The van der Waals surface area contributed by atoms with Gasteiger partial charge in [-0.05, 0) is 32.6 Å². The van der Waals surface area contributed by atoms with Crippen molar-refractivity contribution in [3.63, 3.8) is 0 Å². The van der Waals surface area contributed by atoms with E-state index >= 15 is 0 Å². The van der Waals surface area contributed by atoms with Crippen molar-refractivity contribution < 1.29 is 9.90 Å². The molecule has 1 atom stereocenters. The monoisotopic (exact) mass is 225 g/mol. The second kappa shape index (κ2) is 6.04. The number of rotatable bonds is 6. The molecule has 0 aliphatic heterocycles. The van der Waals surface area contributed by atoms with E-state index in [1.807, 2.05) is 0 Å². The summed E-state index contributed by atoms with van der Waals surface area (Å²) in [4.78, 5) is 11.3. The van der Waals surface area contributed by atoms with E-state index in [0.29, 0.717) is 12.5 Å². The average Bonchev–Trinajstić information content (AvgIpc) is 2.27. The molecule has 0 aromatic rings. The maximum atomic E-state index is 11.3. The quantitative estimate of drug-likeness (QED) is 0.683. The number of nitrogens with one attached hydrogen (secondary N) is 1. The number of allylic oxidation sites excluding steroid dienone is 1. The summed E-state index contributed by atoms with van der Waals surface area (Å²) in [6.45, 7) is 5.43. The summed E-state index contributed by atoms with van der Waals surface area (Å²) >= 11 is 0. The molecule has 1 unspecified atom stereocenters. The van der Waals surface area contributed by atoms with Crippen LogP contribution in [0.1, 0.15) is 51.9 Å². The van der Waals surface area contributed by atoms with Crippen LogP contribution in [0.15, 0.2) is 12.7 Å². The third kappa shape index (κ3) is 3.63. The van der Waals surface area contributed by atoms with Crippen LogP contribution >= 0.6 is 0 Å². The Morgan fingerprint density at radius 2 is 2.12 bits per heavy atom. The maximum absolute atomic E-state index is 11.3. The normalized spacial score (nSPS) is 21.3. The van der Waals surface area contributed by atoms with E-state index in [0.717, 1.165) is 19.3 Å². The molecule has 1 saturated carbocycles. The largest absolute Gasteiger partial charge is 0.480 e. The summed E-state index contributed by atoms with van der Waals surface area (Å²) < 4.78 is 0. The minimum absolute atomic E-state index is 0.375. The molecule has 1 rings (SSSR count). The zero-order valence-electron chi connectivity index (χ0n) is 10.2. The summed E-state index contributed by atoms with van der Waals surface area (Å²) in [6, 6.07) is 0.375. The Hall–Kier alpha value is -0.830. The molecule has 0 heterocycles. The lowest BCUT2D eigenvalue weighted by molar-refractivity contribution is -0.145. The number of hydrogen-bond acceptors (Lipinski definition) is 2. The van der Waals surface area contributed by atoms with Crippen LogP contribution in [0.25, 0.3) is 0 Å². The third-order valence-corrected chi connectivity index (χ3v) is 3.45. The van der Waals surface area contributed by atoms with Crippen LogP contribution in [0.4, 0.5) is 0 Å². The molecule has 16 heavy (non-hydrogen) atoms. The van der Waals surface area contributed by atoms with Crippen LogP contribution in [-0.2, 0) is 4.79 Å². The van der Waals surface area contributed by atoms with E-state index < -0.39 is 11.5 Å². The fourth-order valence-corrected chi connectivity index (χ4v) is 2.33. The Bertz CT molecular complexity index is 246. The van der Waals surface area contributed by atoms with E-state index in [-0.39, 0.29) is 0 Å². The molecule has 1 fully saturated rings. The van der Waals surface area contributed by atoms with Crippen molar-refractivity contribution in [2.75, 3.05) is 0 Å². The lowest BCUT2D eigenvalue weighted by Crippen LogP contribution is -2.54. The van der Waals surface area contributed by atoms with Gasteiger partial charge in [0.2, 0.25) is 0 Å². The number of carbonyl (C=O) groups is 1. The van der Waals surface area contributed by atoms with Gasteiger partial charge in [0.15, 0.2) is 0 Å². The van der Waals surface area contributed by atoms with E-state index in [9.17, 15) is 9.90 Å². The highest BCUT2D eigenvalue weighted by atomic mass is 16.4. The second-order valence-corrected chi connectivity index (χ2v) is 4.94. The van der Waals surface area contributed by atoms with Gasteiger partial charge in [-0.15, -0.1) is 6.58 Å². The number of carboxylic acids is 1. The molecule has 0 aromatic carbocycles. The Morgan fingerprint density at radius 3 is 2.62 bits per heavy atom. The van der Waals surface area contributed by atoms with Gasteiger partial charge in [0.1, 0.15) is 5.54 Å². The molecular formula is C13H23NO2. The third-order valence-electron chi connectivity index (χ3n) is 3.45. The molecule has 0 spiro atoms. The summed E-state index contributed by atoms with van der Waals surface area (Å²) in [5.41, 5.74) is -0.795. The van der Waals surface area contributed by atoms with Gasteiger partial charge in [0.25, 0.3) is 0 Å². The van der Waals surface area contributed by atoms with E-state index in [2.05, 4.69) is 11.9 Å². The van der Waals surface area contributed by atoms with Gasteiger partial charge >= 0.3 is 5.97 Å². The summed E-state index contributed by atoms with van der Waals surface area (Å²) in [5.74, 6) is -0.750. The van der Waals surface area contributed by atoms with E-state index in [1.54, 1.807) is 13.0 Å². The lowest BCUT2D eigenvalue weighted by Gasteiger charge is -2.33. The number of carboxylic acid groups (broad SMARTS) is 1. The van der Waals surface area contributed by atoms with Crippen LogP contribution in [0.2, 0.25) is 0 Å². The first-order chi connectivity index (χ1) is 7.58. The van der Waals surface area contributed by atoms with Crippen LogP contribution < -0.4 is 5.32 Å². The molecule has 1 aliphatic rings. The Kier molecular flexibility index (Phi) is 5.00. The molecule has 1 aliphatic carbocycles. The molecule has 0 amide bonds. The standard InChI is InChI=1S/C13H23NO2/c1-3-4-10-13(2,12(15)16)14-11-8-6-5-7-9-11/h3,11,14H,1,4-10H2,2H3,(H,15,16). The average molecular weight is 225 g/mol. The summed E-state index contributed by atoms with van der Waals surface area (Å²) in [6.07, 6.45) is 9.07. The van der Waals surface area contributed by atoms with Crippen molar-refractivity contribution in [2.24, 2.45) is 0 Å². The van der Waals surface area contributed by atoms with E-state index in [1.165, 1.54) is 19.3 Å². The Labute approximate surface area is 97.9 Å². The van der Waals surface area contributed by atoms with Crippen LogP contribution in [0.5, 0.6) is 0 Å². The minimum atomic E-state index is -0.795. The van der Waals surface area contributed by atoms with Gasteiger partial charge in [-0.1, -0.05) is 25.3 Å². The first kappa shape index (κ1) is 13.2. The van der Waals surface area contributed by atoms with Gasteiger partial charge in [-0.25, -0.2) is 0 Å². The molecule has 2 N–H and O–H groups in total. The molecule has 92 valence electrons. The van der Waals surface area contributed by atoms with Crippen LogP contribution in [0, 0.1) is 0 Å². The fraction of sp³-hybridized carbons (Fsp3) is 0.769. The molecule has 0 bridgehead atoms. The molecule has 0 radical (unpaired) electrons. The van der Waals surface area contributed by atoms with Crippen molar-refractivity contribution in [3.05, 3.63) is 12.7 Å². The second-order valence-electron chi connectivity index (χ2n) is 4.94. The molecule has 3 nitrogen and oxygen atoms in total. The Balaban J connectivity index is 2.54.